The van der Waals surface area contributed by atoms with Crippen LogP contribution in [0.2, 0.25) is 0 Å². The van der Waals surface area contributed by atoms with E-state index in [1.165, 1.54) is 7.11 Å². The normalized spacial score (nSPS) is 11.7. The van der Waals surface area contributed by atoms with Crippen LogP contribution in [0.25, 0.3) is 0 Å². The largest absolute Gasteiger partial charge is 0.453 e. The topological polar surface area (TPSA) is 76.7 Å². The standard InChI is InChI=1S/C27H38N2O4/c1-26(2,3)17-7-8-18-33-27(4,5)24(30)28-22-13-9-20(10-14-22)19-21-11-15-23(16-12-21)29-25(31)32-6/h9-16H,7-8,17-19H2,1-6H3,(H,28,30)(H,29,31). The lowest BCUT2D eigenvalue weighted by Crippen LogP contribution is -2.40. The van der Waals surface area contributed by atoms with Gasteiger partial charge in [0, 0.05) is 18.0 Å². The van der Waals surface area contributed by atoms with Crippen LogP contribution in [0.3, 0.4) is 0 Å². The van der Waals surface area contributed by atoms with Gasteiger partial charge in [0.15, 0.2) is 0 Å². The van der Waals surface area contributed by atoms with Crippen molar-refractivity contribution in [2.45, 2.75) is 65.9 Å². The van der Waals surface area contributed by atoms with Crippen molar-refractivity contribution in [1.82, 2.24) is 0 Å². The Morgan fingerprint density at radius 2 is 1.30 bits per heavy atom. The highest BCUT2D eigenvalue weighted by atomic mass is 16.5. The molecule has 0 aliphatic carbocycles. The summed E-state index contributed by atoms with van der Waals surface area (Å²) in [4.78, 5) is 24.0. The third kappa shape index (κ3) is 9.66. The van der Waals surface area contributed by atoms with Crippen LogP contribution in [0.5, 0.6) is 0 Å². The fourth-order valence-electron chi connectivity index (χ4n) is 3.25. The van der Waals surface area contributed by atoms with Gasteiger partial charge >= 0.3 is 6.09 Å². The van der Waals surface area contributed by atoms with Crippen molar-refractivity contribution in [3.63, 3.8) is 0 Å². The molecule has 2 rings (SSSR count). The molecule has 0 radical (unpaired) electrons. The second kappa shape index (κ2) is 11.8. The number of methoxy groups -OCH3 is 1. The number of nitrogens with one attached hydrogen (secondary N) is 2. The smallest absolute Gasteiger partial charge is 0.411 e. The van der Waals surface area contributed by atoms with Crippen molar-refractivity contribution in [2.24, 2.45) is 5.41 Å². The van der Waals surface area contributed by atoms with E-state index in [4.69, 9.17) is 4.74 Å². The summed E-state index contributed by atoms with van der Waals surface area (Å²) in [6.45, 7) is 10.9. The van der Waals surface area contributed by atoms with E-state index in [1.54, 1.807) is 13.8 Å². The quantitative estimate of drug-likeness (QED) is 0.407. The molecular weight excluding hydrogens is 416 g/mol. The molecule has 0 saturated heterocycles. The average molecular weight is 455 g/mol. The first kappa shape index (κ1) is 26.4. The molecule has 2 aromatic rings. The van der Waals surface area contributed by atoms with Crippen LogP contribution in [0, 0.1) is 5.41 Å². The zero-order valence-electron chi connectivity index (χ0n) is 20.8. The molecule has 0 aromatic heterocycles. The molecule has 33 heavy (non-hydrogen) atoms. The highest BCUT2D eigenvalue weighted by Crippen LogP contribution is 2.22. The van der Waals surface area contributed by atoms with E-state index < -0.39 is 11.7 Å². The lowest BCUT2D eigenvalue weighted by Gasteiger charge is -2.25. The molecular formula is C27H38N2O4. The summed E-state index contributed by atoms with van der Waals surface area (Å²) in [5, 5.41) is 5.59. The van der Waals surface area contributed by atoms with Crippen molar-refractivity contribution >= 4 is 23.4 Å². The van der Waals surface area contributed by atoms with Gasteiger partial charge in [0.1, 0.15) is 5.60 Å². The van der Waals surface area contributed by atoms with Crippen LogP contribution >= 0.6 is 0 Å². The van der Waals surface area contributed by atoms with Gasteiger partial charge in [-0.1, -0.05) is 51.5 Å². The molecule has 6 nitrogen and oxygen atoms in total. The number of unbranched alkanes of at least 4 members (excludes halogenated alkanes) is 1. The maximum absolute atomic E-state index is 12.7. The molecule has 0 spiro atoms. The van der Waals surface area contributed by atoms with Gasteiger partial charge in [0.25, 0.3) is 5.91 Å². The summed E-state index contributed by atoms with van der Waals surface area (Å²) in [5.74, 6) is -0.153. The van der Waals surface area contributed by atoms with E-state index in [9.17, 15) is 9.59 Å². The van der Waals surface area contributed by atoms with Gasteiger partial charge in [-0.05, 0) is 73.9 Å². The van der Waals surface area contributed by atoms with Crippen LogP contribution in [-0.2, 0) is 20.7 Å². The molecule has 0 saturated carbocycles. The first-order valence-corrected chi connectivity index (χ1v) is 11.5. The Hall–Kier alpha value is -2.86. The van der Waals surface area contributed by atoms with Crippen molar-refractivity contribution < 1.29 is 19.1 Å². The number of ether oxygens (including phenoxy) is 2. The third-order valence-corrected chi connectivity index (χ3v) is 5.34. The molecule has 0 bridgehead atoms. The minimum Gasteiger partial charge on any atom is -0.453 e. The van der Waals surface area contributed by atoms with Gasteiger partial charge in [0.2, 0.25) is 0 Å². The Bertz CT molecular complexity index is 897. The van der Waals surface area contributed by atoms with Crippen LogP contribution in [0.15, 0.2) is 48.5 Å². The Morgan fingerprint density at radius 1 is 0.788 bits per heavy atom. The van der Waals surface area contributed by atoms with E-state index in [2.05, 4.69) is 36.1 Å². The fraction of sp³-hybridized carbons (Fsp3) is 0.481. The summed E-state index contributed by atoms with van der Waals surface area (Å²) in [7, 11) is 1.33. The molecule has 0 aliphatic heterocycles. The Kier molecular flexibility index (Phi) is 9.47. The monoisotopic (exact) mass is 454 g/mol. The highest BCUT2D eigenvalue weighted by molar-refractivity contribution is 5.96. The molecule has 0 heterocycles. The van der Waals surface area contributed by atoms with Gasteiger partial charge in [-0.25, -0.2) is 4.79 Å². The maximum atomic E-state index is 12.7. The van der Waals surface area contributed by atoms with Gasteiger partial charge in [0.05, 0.1) is 7.11 Å². The fourth-order valence-corrected chi connectivity index (χ4v) is 3.25. The SMILES string of the molecule is COC(=O)Nc1ccc(Cc2ccc(NC(=O)C(C)(C)OCCCCC(C)(C)C)cc2)cc1. The first-order chi connectivity index (χ1) is 15.5. The van der Waals surface area contributed by atoms with Gasteiger partial charge in [-0.15, -0.1) is 0 Å². The number of benzene rings is 2. The van der Waals surface area contributed by atoms with Crippen LogP contribution in [-0.4, -0.2) is 31.3 Å². The van der Waals surface area contributed by atoms with Crippen LogP contribution in [0.1, 0.15) is 65.0 Å². The Labute approximate surface area is 198 Å². The van der Waals surface area contributed by atoms with Gasteiger partial charge in [-0.3, -0.25) is 10.1 Å². The zero-order valence-corrected chi connectivity index (χ0v) is 20.8. The van der Waals surface area contributed by atoms with Crippen molar-refractivity contribution in [2.75, 3.05) is 24.4 Å². The summed E-state index contributed by atoms with van der Waals surface area (Å²) in [6, 6.07) is 15.4. The number of hydrogen-bond donors (Lipinski definition) is 2. The van der Waals surface area contributed by atoms with Gasteiger partial charge < -0.3 is 14.8 Å². The predicted octanol–water partition coefficient (Wildman–Crippen LogP) is 6.41. The van der Waals surface area contributed by atoms with E-state index in [-0.39, 0.29) is 5.91 Å². The van der Waals surface area contributed by atoms with Gasteiger partial charge in [-0.2, -0.15) is 0 Å². The molecule has 0 fully saturated rings. The van der Waals surface area contributed by atoms with Crippen molar-refractivity contribution in [3.8, 4) is 0 Å². The summed E-state index contributed by atoms with van der Waals surface area (Å²) < 4.78 is 10.5. The van der Waals surface area contributed by atoms with Crippen LogP contribution < -0.4 is 10.6 Å². The van der Waals surface area contributed by atoms with E-state index in [0.29, 0.717) is 17.7 Å². The number of amides is 2. The second-order valence-electron chi connectivity index (χ2n) is 10.0. The minimum atomic E-state index is -0.889. The third-order valence-electron chi connectivity index (χ3n) is 5.34. The van der Waals surface area contributed by atoms with E-state index in [0.717, 1.165) is 42.5 Å². The molecule has 2 amide bonds. The summed E-state index contributed by atoms with van der Waals surface area (Å²) >= 11 is 0. The number of carbonyl (C=O) groups excluding carboxylic acids is 2. The molecule has 2 N–H and O–H groups in total. The number of hydrogen-bond acceptors (Lipinski definition) is 4. The van der Waals surface area contributed by atoms with Crippen molar-refractivity contribution in [3.05, 3.63) is 59.7 Å². The molecule has 6 heteroatoms. The molecule has 2 aromatic carbocycles. The van der Waals surface area contributed by atoms with E-state index >= 15 is 0 Å². The molecule has 0 aliphatic rings. The van der Waals surface area contributed by atoms with Crippen molar-refractivity contribution in [1.29, 1.82) is 0 Å². The number of rotatable bonds is 10. The first-order valence-electron chi connectivity index (χ1n) is 11.5. The number of carbonyl (C=O) groups is 2. The lowest BCUT2D eigenvalue weighted by atomic mass is 9.90. The second-order valence-corrected chi connectivity index (χ2v) is 10.0. The predicted molar refractivity (Wildman–Crippen MR) is 134 cm³/mol. The minimum absolute atomic E-state index is 0.153. The number of anilines is 2. The summed E-state index contributed by atoms with van der Waals surface area (Å²) in [6.07, 6.45) is 3.43. The molecule has 0 atom stereocenters. The summed E-state index contributed by atoms with van der Waals surface area (Å²) in [5.41, 5.74) is 3.10. The maximum Gasteiger partial charge on any atom is 0.411 e. The average Bonchev–Trinajstić information content (AvgIpc) is 2.75. The Balaban J connectivity index is 1.82. The zero-order chi connectivity index (χ0) is 24.5. The highest BCUT2D eigenvalue weighted by Gasteiger charge is 2.28. The van der Waals surface area contributed by atoms with Crippen LogP contribution in [0.4, 0.5) is 16.2 Å². The lowest BCUT2D eigenvalue weighted by molar-refractivity contribution is -0.137. The van der Waals surface area contributed by atoms with E-state index in [1.807, 2.05) is 48.5 Å². The molecule has 180 valence electrons. The molecule has 0 unspecified atom stereocenters. The Morgan fingerprint density at radius 3 is 1.79 bits per heavy atom.